The normalized spacial score (nSPS) is 12.1. The van der Waals surface area contributed by atoms with E-state index in [1.807, 2.05) is 32.9 Å². The second-order valence-corrected chi connectivity index (χ2v) is 7.83. The number of hydrogen-bond acceptors (Lipinski definition) is 7. The van der Waals surface area contributed by atoms with Gasteiger partial charge in [-0.3, -0.25) is 14.8 Å². The van der Waals surface area contributed by atoms with Gasteiger partial charge in [0.25, 0.3) is 5.91 Å². The van der Waals surface area contributed by atoms with Crippen molar-refractivity contribution < 1.29 is 14.3 Å². The van der Waals surface area contributed by atoms with Crippen molar-refractivity contribution in [1.82, 2.24) is 5.01 Å². The van der Waals surface area contributed by atoms with E-state index in [4.69, 9.17) is 27.9 Å². The summed E-state index contributed by atoms with van der Waals surface area (Å²) in [7, 11) is 1.42. The Balaban J connectivity index is 2.32. The molecule has 10 heteroatoms. The number of amides is 3. The van der Waals surface area contributed by atoms with Gasteiger partial charge in [-0.05, 0) is 68.7 Å². The standard InChI is InChI=1S/C24H33N7O3/c1-6-29-22(23(26)32)16(4)21(25)17-10-11-20(15(3)12-17)34-13-18-14(2)8-7-9-19(18)31(28)24(33)30(5)27/h7-12H,6,13,25,27-28H2,1-5H3,(H2,26,32). The molecule has 34 heavy (non-hydrogen) atoms. The van der Waals surface area contributed by atoms with Crippen LogP contribution in [0.1, 0.15) is 36.1 Å². The smallest absolute Gasteiger partial charge is 0.352 e. The van der Waals surface area contributed by atoms with Crippen molar-refractivity contribution in [3.63, 3.8) is 0 Å². The van der Waals surface area contributed by atoms with Gasteiger partial charge in [-0.15, -0.1) is 0 Å². The lowest BCUT2D eigenvalue weighted by molar-refractivity contribution is -0.111. The first-order valence-corrected chi connectivity index (χ1v) is 10.7. The number of nitrogens with zero attached hydrogens (tertiary/aromatic N) is 3. The van der Waals surface area contributed by atoms with Gasteiger partial charge in [0, 0.05) is 30.4 Å². The zero-order valence-corrected chi connectivity index (χ0v) is 20.3. The van der Waals surface area contributed by atoms with Gasteiger partial charge in [0.1, 0.15) is 18.1 Å². The predicted octanol–water partition coefficient (Wildman–Crippen LogP) is 2.12. The summed E-state index contributed by atoms with van der Waals surface area (Å²) in [5, 5.41) is 1.90. The Bertz CT molecular complexity index is 1140. The van der Waals surface area contributed by atoms with Crippen LogP contribution in [0.25, 0.3) is 5.70 Å². The molecule has 0 saturated heterocycles. The van der Waals surface area contributed by atoms with E-state index in [-0.39, 0.29) is 12.3 Å². The first-order valence-electron chi connectivity index (χ1n) is 10.7. The fourth-order valence-corrected chi connectivity index (χ4v) is 3.39. The number of nitrogens with two attached hydrogens (primary N) is 4. The number of primary amides is 1. The van der Waals surface area contributed by atoms with E-state index in [1.54, 1.807) is 31.2 Å². The number of carbonyl (C=O) groups excluding carboxylic acids is 2. The molecule has 0 aliphatic rings. The number of aryl methyl sites for hydroxylation is 2. The van der Waals surface area contributed by atoms with Crippen LogP contribution in [0.15, 0.2) is 47.0 Å². The summed E-state index contributed by atoms with van der Waals surface area (Å²) >= 11 is 0. The number of benzene rings is 2. The molecule has 0 bridgehead atoms. The molecule has 0 atom stereocenters. The molecule has 10 nitrogen and oxygen atoms in total. The van der Waals surface area contributed by atoms with Crippen molar-refractivity contribution in [3.05, 3.63) is 64.2 Å². The molecule has 3 amide bonds. The number of hydrazine groups is 2. The fraction of sp³-hybridized carbons (Fsp3) is 0.292. The molecule has 8 N–H and O–H groups in total. The molecule has 2 aromatic carbocycles. The van der Waals surface area contributed by atoms with Crippen LogP contribution in [0.5, 0.6) is 5.75 Å². The van der Waals surface area contributed by atoms with Crippen LogP contribution in [0.3, 0.4) is 0 Å². The SMILES string of the molecule is CCN=C(C(N)=O)C(C)=C(N)c1ccc(OCc2c(C)cccc2N(N)C(=O)N(C)N)c(C)c1. The highest BCUT2D eigenvalue weighted by atomic mass is 16.5. The minimum Gasteiger partial charge on any atom is -0.489 e. The molecule has 0 spiro atoms. The van der Waals surface area contributed by atoms with E-state index < -0.39 is 11.9 Å². The Morgan fingerprint density at radius 1 is 1.06 bits per heavy atom. The zero-order chi connectivity index (χ0) is 25.6. The molecule has 0 heterocycles. The molecule has 0 aliphatic heterocycles. The molecular weight excluding hydrogens is 434 g/mol. The maximum absolute atomic E-state index is 12.2. The second-order valence-electron chi connectivity index (χ2n) is 7.83. The minimum atomic E-state index is -0.624. The first kappa shape index (κ1) is 26.4. The number of anilines is 1. The van der Waals surface area contributed by atoms with Crippen LogP contribution in [0, 0.1) is 13.8 Å². The van der Waals surface area contributed by atoms with Gasteiger partial charge in [-0.2, -0.15) is 0 Å². The van der Waals surface area contributed by atoms with Crippen molar-refractivity contribution in [2.45, 2.75) is 34.3 Å². The van der Waals surface area contributed by atoms with E-state index in [2.05, 4.69) is 4.99 Å². The highest BCUT2D eigenvalue weighted by Gasteiger charge is 2.19. The summed E-state index contributed by atoms with van der Waals surface area (Å²) in [6, 6.07) is 10.3. The molecule has 2 rings (SSSR count). The average molecular weight is 468 g/mol. The summed E-state index contributed by atoms with van der Waals surface area (Å²) in [4.78, 5) is 28.1. The van der Waals surface area contributed by atoms with Crippen LogP contribution < -0.4 is 32.9 Å². The lowest BCUT2D eigenvalue weighted by Gasteiger charge is -2.24. The van der Waals surface area contributed by atoms with E-state index in [0.29, 0.717) is 34.8 Å². The largest absolute Gasteiger partial charge is 0.489 e. The zero-order valence-electron chi connectivity index (χ0n) is 20.3. The molecule has 0 radical (unpaired) electrons. The third-order valence-electron chi connectivity index (χ3n) is 5.32. The monoisotopic (exact) mass is 467 g/mol. The van der Waals surface area contributed by atoms with Crippen molar-refractivity contribution in [2.24, 2.45) is 28.1 Å². The first-order chi connectivity index (χ1) is 16.0. The minimum absolute atomic E-state index is 0.161. The van der Waals surface area contributed by atoms with Crippen LogP contribution in [-0.2, 0) is 11.4 Å². The summed E-state index contributed by atoms with van der Waals surface area (Å²) in [6.45, 7) is 7.92. The van der Waals surface area contributed by atoms with Crippen molar-refractivity contribution in [3.8, 4) is 5.75 Å². The highest BCUT2D eigenvalue weighted by molar-refractivity contribution is 6.45. The molecule has 0 fully saturated rings. The topological polar surface area (TPSA) is 166 Å². The number of aliphatic imine (C=N–C) groups is 1. The quantitative estimate of drug-likeness (QED) is 0.201. The van der Waals surface area contributed by atoms with Crippen molar-refractivity contribution in [2.75, 3.05) is 18.6 Å². The maximum atomic E-state index is 12.2. The molecule has 0 saturated carbocycles. The Labute approximate surface area is 199 Å². The Morgan fingerprint density at radius 2 is 1.74 bits per heavy atom. The Hall–Kier alpha value is -3.89. The highest BCUT2D eigenvalue weighted by Crippen LogP contribution is 2.28. The molecule has 2 aromatic rings. The third kappa shape index (κ3) is 5.91. The van der Waals surface area contributed by atoms with Crippen LogP contribution in [0.4, 0.5) is 10.5 Å². The maximum Gasteiger partial charge on any atom is 0.352 e. The summed E-state index contributed by atoms with van der Waals surface area (Å²) in [6.07, 6.45) is 0. The lowest BCUT2D eigenvalue weighted by Crippen LogP contribution is -2.49. The predicted molar refractivity (Wildman–Crippen MR) is 135 cm³/mol. The van der Waals surface area contributed by atoms with Gasteiger partial charge >= 0.3 is 6.03 Å². The molecule has 0 aromatic heterocycles. The average Bonchev–Trinajstić information content (AvgIpc) is 2.80. The molecular formula is C24H33N7O3. The van der Waals surface area contributed by atoms with Gasteiger partial charge in [-0.1, -0.05) is 12.1 Å². The van der Waals surface area contributed by atoms with Gasteiger partial charge in [0.05, 0.1) is 5.69 Å². The molecule has 0 unspecified atom stereocenters. The Kier molecular flexibility index (Phi) is 8.76. The van der Waals surface area contributed by atoms with Gasteiger partial charge < -0.3 is 16.2 Å². The summed E-state index contributed by atoms with van der Waals surface area (Å²) in [5.74, 6) is 11.6. The lowest BCUT2D eigenvalue weighted by atomic mass is 10.0. The van der Waals surface area contributed by atoms with Crippen LogP contribution >= 0.6 is 0 Å². The summed E-state index contributed by atoms with van der Waals surface area (Å²) < 4.78 is 6.06. The second kappa shape index (κ2) is 11.3. The van der Waals surface area contributed by atoms with E-state index >= 15 is 0 Å². The van der Waals surface area contributed by atoms with E-state index in [0.717, 1.165) is 26.7 Å². The van der Waals surface area contributed by atoms with E-state index in [1.165, 1.54) is 7.05 Å². The van der Waals surface area contributed by atoms with Gasteiger partial charge in [0.15, 0.2) is 0 Å². The van der Waals surface area contributed by atoms with Gasteiger partial charge in [0.2, 0.25) is 0 Å². The molecule has 0 aliphatic carbocycles. The number of rotatable bonds is 8. The summed E-state index contributed by atoms with van der Waals surface area (Å²) in [5.41, 5.74) is 16.5. The number of carbonyl (C=O) groups is 2. The molecule has 182 valence electrons. The number of urea groups is 1. The van der Waals surface area contributed by atoms with Crippen molar-refractivity contribution in [1.29, 1.82) is 0 Å². The van der Waals surface area contributed by atoms with Crippen LogP contribution in [-0.4, -0.2) is 36.3 Å². The van der Waals surface area contributed by atoms with Gasteiger partial charge in [-0.25, -0.2) is 21.5 Å². The third-order valence-corrected chi connectivity index (χ3v) is 5.32. The fourth-order valence-electron chi connectivity index (χ4n) is 3.39. The van der Waals surface area contributed by atoms with E-state index in [9.17, 15) is 9.59 Å². The number of ether oxygens (including phenoxy) is 1. The Morgan fingerprint density at radius 3 is 2.29 bits per heavy atom. The van der Waals surface area contributed by atoms with Crippen LogP contribution in [0.2, 0.25) is 0 Å². The number of hydrogen-bond donors (Lipinski definition) is 4. The van der Waals surface area contributed by atoms with Crippen molar-refractivity contribution >= 4 is 29.0 Å².